The highest BCUT2D eigenvalue weighted by Gasteiger charge is 2.25. The highest BCUT2D eigenvalue weighted by molar-refractivity contribution is 6.43. The lowest BCUT2D eigenvalue weighted by atomic mass is 10.1. The Morgan fingerprint density at radius 2 is 2.00 bits per heavy atom. The number of aromatic nitrogens is 2. The summed E-state index contributed by atoms with van der Waals surface area (Å²) in [5.41, 5.74) is 3.90. The summed E-state index contributed by atoms with van der Waals surface area (Å²) < 4.78 is 7.17. The number of hydrogen-bond donors (Lipinski definition) is 1. The second kappa shape index (κ2) is 6.04. The Balaban J connectivity index is 1.91. The van der Waals surface area contributed by atoms with Gasteiger partial charge in [0.25, 0.3) is 0 Å². The standard InChI is InChI=1S/C18H15Cl2N3O/c1-24-12-5-2-4-11(10-12)17-13-8-9-21-18(13)23(22-17)15-7-3-6-14(19)16(15)20/h2-7,10,21H,8-9H2,1H3. The fraction of sp³-hybridized carbons (Fsp3) is 0.167. The maximum absolute atomic E-state index is 6.39. The molecule has 4 rings (SSSR count). The summed E-state index contributed by atoms with van der Waals surface area (Å²) in [6.07, 6.45) is 0.917. The predicted octanol–water partition coefficient (Wildman–Crippen LogP) is 4.82. The van der Waals surface area contributed by atoms with E-state index in [4.69, 9.17) is 33.0 Å². The molecular weight excluding hydrogens is 345 g/mol. The van der Waals surface area contributed by atoms with Crippen molar-refractivity contribution in [3.63, 3.8) is 0 Å². The summed E-state index contributed by atoms with van der Waals surface area (Å²) in [5, 5.41) is 9.21. The van der Waals surface area contributed by atoms with Crippen LogP contribution in [0.5, 0.6) is 5.75 Å². The molecule has 3 aromatic rings. The van der Waals surface area contributed by atoms with Gasteiger partial charge in [0.2, 0.25) is 0 Å². The van der Waals surface area contributed by atoms with Crippen molar-refractivity contribution < 1.29 is 4.74 Å². The number of fused-ring (bicyclic) bond motifs is 1. The Labute approximate surface area is 150 Å². The zero-order chi connectivity index (χ0) is 16.7. The smallest absolute Gasteiger partial charge is 0.133 e. The molecule has 0 aliphatic carbocycles. The largest absolute Gasteiger partial charge is 0.497 e. The Kier molecular flexibility index (Phi) is 3.87. The number of nitrogens with zero attached hydrogens (tertiary/aromatic N) is 2. The molecule has 2 aromatic carbocycles. The van der Waals surface area contributed by atoms with Gasteiger partial charge in [0.05, 0.1) is 28.5 Å². The van der Waals surface area contributed by atoms with Crippen LogP contribution in [-0.4, -0.2) is 23.4 Å². The molecular formula is C18H15Cl2N3O. The maximum Gasteiger partial charge on any atom is 0.133 e. The van der Waals surface area contributed by atoms with E-state index in [0.29, 0.717) is 10.0 Å². The van der Waals surface area contributed by atoms with Crippen LogP contribution in [0.15, 0.2) is 42.5 Å². The summed E-state index contributed by atoms with van der Waals surface area (Å²) >= 11 is 12.6. The van der Waals surface area contributed by atoms with Crippen molar-refractivity contribution in [2.45, 2.75) is 6.42 Å². The molecule has 1 aromatic heterocycles. The third kappa shape index (κ3) is 2.43. The molecule has 0 amide bonds. The van der Waals surface area contributed by atoms with E-state index >= 15 is 0 Å². The van der Waals surface area contributed by atoms with E-state index in [9.17, 15) is 0 Å². The molecule has 0 bridgehead atoms. The second-order valence-corrected chi connectivity index (χ2v) is 6.35. The second-order valence-electron chi connectivity index (χ2n) is 5.57. The van der Waals surface area contributed by atoms with Crippen LogP contribution in [0.3, 0.4) is 0 Å². The lowest BCUT2D eigenvalue weighted by molar-refractivity contribution is 0.415. The summed E-state index contributed by atoms with van der Waals surface area (Å²) in [6, 6.07) is 13.5. The molecule has 1 aliphatic rings. The minimum Gasteiger partial charge on any atom is -0.497 e. The number of ether oxygens (including phenoxy) is 1. The Hall–Kier alpha value is -2.17. The number of rotatable bonds is 3. The molecule has 0 radical (unpaired) electrons. The number of halogens is 2. The quantitative estimate of drug-likeness (QED) is 0.728. The van der Waals surface area contributed by atoms with Gasteiger partial charge in [-0.15, -0.1) is 0 Å². The van der Waals surface area contributed by atoms with Crippen molar-refractivity contribution in [3.8, 4) is 22.7 Å². The van der Waals surface area contributed by atoms with E-state index < -0.39 is 0 Å². The molecule has 2 heterocycles. The van der Waals surface area contributed by atoms with Crippen molar-refractivity contribution in [3.05, 3.63) is 58.1 Å². The number of methoxy groups -OCH3 is 1. The molecule has 24 heavy (non-hydrogen) atoms. The average Bonchev–Trinajstić information content (AvgIpc) is 3.20. The van der Waals surface area contributed by atoms with Crippen LogP contribution < -0.4 is 10.1 Å². The fourth-order valence-electron chi connectivity index (χ4n) is 3.01. The van der Waals surface area contributed by atoms with Crippen LogP contribution in [0.2, 0.25) is 10.0 Å². The lowest BCUT2D eigenvalue weighted by Crippen LogP contribution is -2.05. The molecule has 0 unspecified atom stereocenters. The number of benzene rings is 2. The lowest BCUT2D eigenvalue weighted by Gasteiger charge is -2.09. The molecule has 0 atom stereocenters. The van der Waals surface area contributed by atoms with Gasteiger partial charge in [-0.1, -0.05) is 41.4 Å². The summed E-state index contributed by atoms with van der Waals surface area (Å²) in [5.74, 6) is 1.78. The molecule has 4 nitrogen and oxygen atoms in total. The van der Waals surface area contributed by atoms with Gasteiger partial charge in [0.15, 0.2) is 0 Å². The van der Waals surface area contributed by atoms with Gasteiger partial charge in [-0.05, 0) is 30.7 Å². The zero-order valence-corrected chi connectivity index (χ0v) is 14.5. The van der Waals surface area contributed by atoms with Crippen LogP contribution in [-0.2, 0) is 6.42 Å². The van der Waals surface area contributed by atoms with E-state index in [-0.39, 0.29) is 0 Å². The van der Waals surface area contributed by atoms with Crippen molar-refractivity contribution in [2.75, 3.05) is 19.0 Å². The van der Waals surface area contributed by atoms with E-state index in [1.165, 1.54) is 5.56 Å². The van der Waals surface area contributed by atoms with E-state index in [1.54, 1.807) is 13.2 Å². The molecule has 0 saturated carbocycles. The van der Waals surface area contributed by atoms with Crippen molar-refractivity contribution >= 4 is 29.0 Å². The number of anilines is 1. The molecule has 122 valence electrons. The normalized spacial score (nSPS) is 12.8. The van der Waals surface area contributed by atoms with Gasteiger partial charge in [-0.3, -0.25) is 0 Å². The fourth-order valence-corrected chi connectivity index (χ4v) is 3.38. The topological polar surface area (TPSA) is 39.1 Å². The van der Waals surface area contributed by atoms with Gasteiger partial charge in [-0.25, -0.2) is 4.68 Å². The summed E-state index contributed by atoms with van der Waals surface area (Å²) in [6.45, 7) is 0.877. The first kappa shape index (κ1) is 15.4. The molecule has 1 aliphatic heterocycles. The third-order valence-electron chi connectivity index (χ3n) is 4.15. The van der Waals surface area contributed by atoms with Crippen molar-refractivity contribution in [1.29, 1.82) is 0 Å². The van der Waals surface area contributed by atoms with Gasteiger partial charge in [-0.2, -0.15) is 5.10 Å². The highest BCUT2D eigenvalue weighted by atomic mass is 35.5. The van der Waals surface area contributed by atoms with Crippen LogP contribution in [0.25, 0.3) is 16.9 Å². The molecule has 0 spiro atoms. The Morgan fingerprint density at radius 3 is 2.83 bits per heavy atom. The molecule has 0 fully saturated rings. The van der Waals surface area contributed by atoms with Crippen LogP contribution in [0.1, 0.15) is 5.56 Å². The van der Waals surface area contributed by atoms with E-state index in [2.05, 4.69) is 5.32 Å². The van der Waals surface area contributed by atoms with Crippen LogP contribution in [0.4, 0.5) is 5.82 Å². The highest BCUT2D eigenvalue weighted by Crippen LogP contribution is 2.38. The first-order valence-corrected chi connectivity index (χ1v) is 8.39. The number of hydrogen-bond acceptors (Lipinski definition) is 3. The SMILES string of the molecule is COc1cccc(-c2nn(-c3cccc(Cl)c3Cl)c3c2CCN3)c1. The first-order chi connectivity index (χ1) is 11.7. The maximum atomic E-state index is 6.39. The minimum absolute atomic E-state index is 0.496. The zero-order valence-electron chi connectivity index (χ0n) is 13.0. The van der Waals surface area contributed by atoms with Crippen LogP contribution >= 0.6 is 23.2 Å². The predicted molar refractivity (Wildman–Crippen MR) is 97.8 cm³/mol. The Bertz CT molecular complexity index is 921. The van der Waals surface area contributed by atoms with Gasteiger partial charge >= 0.3 is 0 Å². The minimum atomic E-state index is 0.496. The van der Waals surface area contributed by atoms with Crippen molar-refractivity contribution in [1.82, 2.24) is 9.78 Å². The van der Waals surface area contributed by atoms with Gasteiger partial charge in [0, 0.05) is 17.7 Å². The van der Waals surface area contributed by atoms with Crippen molar-refractivity contribution in [2.24, 2.45) is 0 Å². The first-order valence-electron chi connectivity index (χ1n) is 7.63. The number of nitrogens with one attached hydrogen (secondary N) is 1. The van der Waals surface area contributed by atoms with Gasteiger partial charge < -0.3 is 10.1 Å². The Morgan fingerprint density at radius 1 is 1.17 bits per heavy atom. The molecule has 1 N–H and O–H groups in total. The third-order valence-corrected chi connectivity index (χ3v) is 4.96. The van der Waals surface area contributed by atoms with Gasteiger partial charge in [0.1, 0.15) is 11.6 Å². The molecule has 0 saturated heterocycles. The average molecular weight is 360 g/mol. The van der Waals surface area contributed by atoms with E-state index in [1.807, 2.05) is 41.1 Å². The van der Waals surface area contributed by atoms with Crippen LogP contribution in [0, 0.1) is 0 Å². The summed E-state index contributed by atoms with van der Waals surface area (Å²) in [7, 11) is 1.66. The van der Waals surface area contributed by atoms with E-state index in [0.717, 1.165) is 41.5 Å². The monoisotopic (exact) mass is 359 g/mol. The molecule has 6 heteroatoms. The summed E-state index contributed by atoms with van der Waals surface area (Å²) in [4.78, 5) is 0.